The van der Waals surface area contributed by atoms with Gasteiger partial charge in [-0.15, -0.1) is 0 Å². The molecule has 0 aliphatic rings. The Kier molecular flexibility index (Phi) is 4.78. The van der Waals surface area contributed by atoms with Crippen molar-refractivity contribution >= 4 is 0 Å². The highest BCUT2D eigenvalue weighted by Crippen LogP contribution is 2.33. The Morgan fingerprint density at radius 1 is 1.18 bits per heavy atom. The summed E-state index contributed by atoms with van der Waals surface area (Å²) in [5, 5.41) is 0. The van der Waals surface area contributed by atoms with Crippen LogP contribution in [0.2, 0.25) is 0 Å². The fourth-order valence-corrected chi connectivity index (χ4v) is 1.72. The van der Waals surface area contributed by atoms with Crippen molar-refractivity contribution in [1.29, 1.82) is 0 Å². The molecule has 2 N–H and O–H groups in total. The van der Waals surface area contributed by atoms with Crippen LogP contribution in [-0.4, -0.2) is 27.9 Å². The van der Waals surface area contributed by atoms with Crippen LogP contribution in [0.5, 0.6) is 11.5 Å². The number of rotatable bonds is 6. The lowest BCUT2D eigenvalue weighted by Crippen LogP contribution is -2.34. The van der Waals surface area contributed by atoms with E-state index in [4.69, 9.17) is 19.9 Å². The highest BCUT2D eigenvalue weighted by atomic mass is 16.5. The van der Waals surface area contributed by atoms with Crippen molar-refractivity contribution in [3.63, 3.8) is 0 Å². The van der Waals surface area contributed by atoms with Crippen molar-refractivity contribution in [2.75, 3.05) is 27.9 Å². The maximum absolute atomic E-state index is 6.29. The summed E-state index contributed by atoms with van der Waals surface area (Å²) in [7, 11) is 4.92. The molecule has 1 aromatic rings. The van der Waals surface area contributed by atoms with Crippen molar-refractivity contribution in [1.82, 2.24) is 0 Å². The number of ether oxygens (including phenoxy) is 3. The van der Waals surface area contributed by atoms with Crippen LogP contribution in [-0.2, 0) is 10.3 Å². The van der Waals surface area contributed by atoms with Crippen molar-refractivity contribution in [3.8, 4) is 11.5 Å². The summed E-state index contributed by atoms with van der Waals surface area (Å²) < 4.78 is 15.6. The van der Waals surface area contributed by atoms with Crippen molar-refractivity contribution in [3.05, 3.63) is 23.8 Å². The summed E-state index contributed by atoms with van der Waals surface area (Å²) in [6.45, 7) is 2.58. The maximum Gasteiger partial charge on any atom is 0.127 e. The van der Waals surface area contributed by atoms with Crippen LogP contribution in [0.25, 0.3) is 0 Å². The molecule has 4 nitrogen and oxygen atoms in total. The third-order valence-corrected chi connectivity index (χ3v) is 2.85. The van der Waals surface area contributed by atoms with Gasteiger partial charge in [0.05, 0.1) is 14.2 Å². The van der Waals surface area contributed by atoms with E-state index in [1.807, 2.05) is 25.1 Å². The zero-order valence-electron chi connectivity index (χ0n) is 10.9. The number of hydrogen-bond acceptors (Lipinski definition) is 4. The molecule has 0 aliphatic carbocycles. The first kappa shape index (κ1) is 13.8. The first-order valence-electron chi connectivity index (χ1n) is 5.55. The highest BCUT2D eigenvalue weighted by Gasteiger charge is 2.25. The summed E-state index contributed by atoms with van der Waals surface area (Å²) >= 11 is 0. The largest absolute Gasteiger partial charge is 0.497 e. The molecule has 0 aromatic heterocycles. The molecular formula is C13H21NO3. The monoisotopic (exact) mass is 239 g/mol. The van der Waals surface area contributed by atoms with Crippen LogP contribution in [0.4, 0.5) is 0 Å². The molecule has 4 heteroatoms. The number of methoxy groups -OCH3 is 3. The molecule has 0 amide bonds. The summed E-state index contributed by atoms with van der Waals surface area (Å²) in [5.41, 5.74) is 6.77. The lowest BCUT2D eigenvalue weighted by Gasteiger charge is -2.27. The van der Waals surface area contributed by atoms with E-state index in [9.17, 15) is 0 Å². The Morgan fingerprint density at radius 3 is 2.41 bits per heavy atom. The Balaban J connectivity index is 3.03. The van der Waals surface area contributed by atoms with E-state index in [2.05, 4.69) is 0 Å². The zero-order valence-corrected chi connectivity index (χ0v) is 10.9. The van der Waals surface area contributed by atoms with Crippen molar-refractivity contribution < 1.29 is 14.2 Å². The fraction of sp³-hybridized carbons (Fsp3) is 0.538. The van der Waals surface area contributed by atoms with Crippen LogP contribution in [0.3, 0.4) is 0 Å². The first-order valence-corrected chi connectivity index (χ1v) is 5.55. The Morgan fingerprint density at radius 2 is 1.88 bits per heavy atom. The normalized spacial score (nSPS) is 14.2. The van der Waals surface area contributed by atoms with Gasteiger partial charge in [0.25, 0.3) is 0 Å². The van der Waals surface area contributed by atoms with Crippen molar-refractivity contribution in [2.45, 2.75) is 18.9 Å². The second-order valence-electron chi connectivity index (χ2n) is 4.23. The van der Waals surface area contributed by atoms with Gasteiger partial charge in [-0.1, -0.05) is 0 Å². The molecule has 0 saturated heterocycles. The lowest BCUT2D eigenvalue weighted by atomic mass is 9.89. The van der Waals surface area contributed by atoms with Crippen LogP contribution < -0.4 is 15.2 Å². The predicted octanol–water partition coefficient (Wildman–Crippen LogP) is 1.91. The third-order valence-electron chi connectivity index (χ3n) is 2.85. The van der Waals surface area contributed by atoms with Gasteiger partial charge in [-0.05, 0) is 25.5 Å². The van der Waals surface area contributed by atoms with Gasteiger partial charge < -0.3 is 19.9 Å². The van der Waals surface area contributed by atoms with Gasteiger partial charge in [-0.25, -0.2) is 0 Å². The molecule has 0 heterocycles. The lowest BCUT2D eigenvalue weighted by molar-refractivity contribution is 0.171. The van der Waals surface area contributed by atoms with E-state index < -0.39 is 5.54 Å². The average Bonchev–Trinajstić information content (AvgIpc) is 2.35. The highest BCUT2D eigenvalue weighted by molar-refractivity contribution is 5.44. The smallest absolute Gasteiger partial charge is 0.127 e. The van der Waals surface area contributed by atoms with Crippen LogP contribution in [0, 0.1) is 0 Å². The van der Waals surface area contributed by atoms with E-state index in [1.54, 1.807) is 21.3 Å². The summed E-state index contributed by atoms with van der Waals surface area (Å²) in [5.74, 6) is 1.50. The molecule has 0 fully saturated rings. The van der Waals surface area contributed by atoms with Gasteiger partial charge in [0.2, 0.25) is 0 Å². The van der Waals surface area contributed by atoms with Crippen LogP contribution in [0.1, 0.15) is 18.9 Å². The molecule has 0 radical (unpaired) electrons. The standard InChI is InChI=1S/C13H21NO3/c1-13(14,7-8-15-2)11-6-5-10(16-3)9-12(11)17-4/h5-6,9H,7-8,14H2,1-4H3. The van der Waals surface area contributed by atoms with Gasteiger partial charge in [0.15, 0.2) is 0 Å². The van der Waals surface area contributed by atoms with E-state index in [0.717, 1.165) is 23.5 Å². The second-order valence-corrected chi connectivity index (χ2v) is 4.23. The summed E-state index contributed by atoms with van der Waals surface area (Å²) in [6.07, 6.45) is 0.728. The molecule has 0 spiro atoms. The zero-order chi connectivity index (χ0) is 12.9. The Hall–Kier alpha value is -1.26. The topological polar surface area (TPSA) is 53.7 Å². The molecule has 0 bridgehead atoms. The minimum absolute atomic E-state index is 0.479. The van der Waals surface area contributed by atoms with Gasteiger partial charge in [-0.2, -0.15) is 0 Å². The van der Waals surface area contributed by atoms with Crippen LogP contribution in [0.15, 0.2) is 18.2 Å². The summed E-state index contributed by atoms with van der Waals surface area (Å²) in [4.78, 5) is 0. The average molecular weight is 239 g/mol. The Bertz CT molecular complexity index is 364. The second kappa shape index (κ2) is 5.89. The summed E-state index contributed by atoms with van der Waals surface area (Å²) in [6, 6.07) is 5.66. The van der Waals surface area contributed by atoms with Gasteiger partial charge in [0.1, 0.15) is 11.5 Å². The molecule has 1 rings (SSSR count). The number of benzene rings is 1. The molecule has 0 saturated carbocycles. The number of hydrogen-bond donors (Lipinski definition) is 1. The van der Waals surface area contributed by atoms with Gasteiger partial charge >= 0.3 is 0 Å². The van der Waals surface area contributed by atoms with Crippen LogP contribution >= 0.6 is 0 Å². The fourth-order valence-electron chi connectivity index (χ4n) is 1.72. The molecule has 1 aromatic carbocycles. The predicted molar refractivity (Wildman–Crippen MR) is 67.6 cm³/mol. The molecule has 0 aliphatic heterocycles. The maximum atomic E-state index is 6.29. The van der Waals surface area contributed by atoms with E-state index >= 15 is 0 Å². The number of nitrogens with two attached hydrogens (primary N) is 1. The minimum Gasteiger partial charge on any atom is -0.497 e. The quantitative estimate of drug-likeness (QED) is 0.824. The van der Waals surface area contributed by atoms with E-state index in [1.165, 1.54) is 0 Å². The molecule has 96 valence electrons. The molecule has 1 unspecified atom stereocenters. The van der Waals surface area contributed by atoms with E-state index in [0.29, 0.717) is 6.61 Å². The van der Waals surface area contributed by atoms with Gasteiger partial charge in [-0.3, -0.25) is 0 Å². The Labute approximate surface area is 103 Å². The first-order chi connectivity index (χ1) is 8.05. The van der Waals surface area contributed by atoms with E-state index in [-0.39, 0.29) is 0 Å². The van der Waals surface area contributed by atoms with Crippen molar-refractivity contribution in [2.24, 2.45) is 5.73 Å². The SMILES string of the molecule is COCCC(C)(N)c1ccc(OC)cc1OC. The molecule has 1 atom stereocenters. The van der Waals surface area contributed by atoms with Gasteiger partial charge in [0, 0.05) is 30.9 Å². The minimum atomic E-state index is -0.479. The third kappa shape index (κ3) is 3.35. The molecule has 17 heavy (non-hydrogen) atoms. The molecular weight excluding hydrogens is 218 g/mol.